The fraction of sp³-hybridized carbons (Fsp3) is 0.333. The highest BCUT2D eigenvalue weighted by molar-refractivity contribution is 6.88. The molecule has 0 radical (unpaired) electrons. The lowest BCUT2D eigenvalue weighted by molar-refractivity contribution is -0.706. The fourth-order valence-electron chi connectivity index (χ4n) is 6.40. The van der Waals surface area contributed by atoms with Crippen LogP contribution >= 0.6 is 0 Å². The first-order chi connectivity index (χ1) is 16.2. The first-order valence-electron chi connectivity index (χ1n) is 12.2. The van der Waals surface area contributed by atoms with Gasteiger partial charge in [-0.05, 0) is 45.7 Å². The molecule has 0 amide bonds. The van der Waals surface area contributed by atoms with E-state index in [0.717, 1.165) is 0 Å². The molecule has 2 atom stereocenters. The smallest absolute Gasteiger partial charge is 0.221 e. The number of fused-ring (bicyclic) bond motifs is 2. The predicted molar refractivity (Wildman–Crippen MR) is 144 cm³/mol. The average molecular weight is 466 g/mol. The molecule has 0 spiro atoms. The summed E-state index contributed by atoms with van der Waals surface area (Å²) in [6, 6.07) is 12.0. The lowest BCUT2D eigenvalue weighted by Gasteiger charge is -2.40. The van der Waals surface area contributed by atoms with Crippen molar-refractivity contribution in [2.24, 2.45) is 0 Å². The molecule has 1 aliphatic heterocycles. The topological polar surface area (TPSA) is 26.0 Å². The highest BCUT2D eigenvalue weighted by Crippen LogP contribution is 2.54. The minimum atomic E-state index is -1.49. The van der Waals surface area contributed by atoms with E-state index in [1.165, 1.54) is 54.7 Å². The van der Waals surface area contributed by atoms with E-state index in [9.17, 15) is 0 Å². The number of benzene rings is 2. The van der Waals surface area contributed by atoms with Crippen LogP contribution in [0.3, 0.4) is 0 Å². The second kappa shape index (κ2) is 7.09. The lowest BCUT2D eigenvalue weighted by atomic mass is 9.65. The van der Waals surface area contributed by atoms with Gasteiger partial charge in [-0.2, -0.15) is 4.57 Å². The molecule has 3 heterocycles. The van der Waals surface area contributed by atoms with Gasteiger partial charge in [0.15, 0.2) is 12.2 Å². The van der Waals surface area contributed by atoms with E-state index in [0.29, 0.717) is 6.61 Å². The molecule has 34 heavy (non-hydrogen) atoms. The maximum absolute atomic E-state index is 5.81. The summed E-state index contributed by atoms with van der Waals surface area (Å²) in [5.41, 5.74) is 6.83. The van der Waals surface area contributed by atoms with E-state index in [-0.39, 0.29) is 17.4 Å². The Morgan fingerprint density at radius 3 is 2.62 bits per heavy atom. The number of ether oxygens (including phenoxy) is 1. The van der Waals surface area contributed by atoms with Gasteiger partial charge in [0.2, 0.25) is 5.69 Å². The largest absolute Gasteiger partial charge is 0.384 e. The Bertz CT molecular complexity index is 1510. The Morgan fingerprint density at radius 1 is 1.12 bits per heavy atom. The van der Waals surface area contributed by atoms with E-state index in [1.54, 1.807) is 7.11 Å². The van der Waals surface area contributed by atoms with Crippen molar-refractivity contribution in [1.29, 1.82) is 0 Å². The van der Waals surface area contributed by atoms with Gasteiger partial charge in [-0.25, -0.2) is 0 Å². The van der Waals surface area contributed by atoms with Crippen LogP contribution in [0.2, 0.25) is 19.6 Å². The summed E-state index contributed by atoms with van der Waals surface area (Å²) in [6.45, 7) is 17.1. The van der Waals surface area contributed by atoms with Crippen molar-refractivity contribution in [3.05, 3.63) is 78.3 Å². The molecule has 0 saturated heterocycles. The van der Waals surface area contributed by atoms with Crippen LogP contribution in [0.1, 0.15) is 42.5 Å². The number of hydrogen-bond donors (Lipinski definition) is 0. The molecule has 2 aromatic carbocycles. The summed E-state index contributed by atoms with van der Waals surface area (Å²) in [4.78, 5) is 4.54. The van der Waals surface area contributed by atoms with Gasteiger partial charge in [0.05, 0.1) is 31.5 Å². The van der Waals surface area contributed by atoms with Crippen LogP contribution in [0.4, 0.5) is 0 Å². The van der Waals surface area contributed by atoms with Crippen molar-refractivity contribution in [2.75, 3.05) is 13.7 Å². The summed E-state index contributed by atoms with van der Waals surface area (Å²) >= 11 is 0. The van der Waals surface area contributed by atoms with Crippen LogP contribution in [0.5, 0.6) is 0 Å². The van der Waals surface area contributed by atoms with Crippen LogP contribution in [-0.2, 0) is 10.2 Å². The molecule has 6 rings (SSSR count). The van der Waals surface area contributed by atoms with E-state index in [1.807, 2.05) is 12.4 Å². The van der Waals surface area contributed by atoms with E-state index in [2.05, 4.69) is 92.2 Å². The quantitative estimate of drug-likeness (QED) is 0.210. The van der Waals surface area contributed by atoms with Crippen molar-refractivity contribution in [2.45, 2.75) is 50.9 Å². The highest BCUT2D eigenvalue weighted by Gasteiger charge is 2.48. The first-order valence-corrected chi connectivity index (χ1v) is 15.7. The monoisotopic (exact) mass is 465 g/mol. The maximum Gasteiger partial charge on any atom is 0.221 e. The van der Waals surface area contributed by atoms with Gasteiger partial charge in [-0.15, -0.1) is 0 Å². The summed E-state index contributed by atoms with van der Waals surface area (Å²) in [5.74, 6) is 0.178. The van der Waals surface area contributed by atoms with Gasteiger partial charge in [-0.3, -0.25) is 4.98 Å². The highest BCUT2D eigenvalue weighted by atomic mass is 28.3. The molecular weight excluding hydrogens is 432 g/mol. The molecular formula is C30H33N2OSi+. The molecule has 1 aliphatic carbocycles. The summed E-state index contributed by atoms with van der Waals surface area (Å²) in [7, 11) is 0.312. The molecule has 4 aromatic rings. The van der Waals surface area contributed by atoms with Crippen LogP contribution in [0, 0.1) is 0 Å². The second-order valence-corrected chi connectivity index (χ2v) is 16.6. The maximum atomic E-state index is 5.81. The summed E-state index contributed by atoms with van der Waals surface area (Å²) in [6.07, 6.45) is 8.33. The number of rotatable bonds is 4. The van der Waals surface area contributed by atoms with Gasteiger partial charge < -0.3 is 4.74 Å². The van der Waals surface area contributed by atoms with Crippen LogP contribution in [-0.4, -0.2) is 26.8 Å². The minimum Gasteiger partial charge on any atom is -0.384 e. The SMILES string of the molecule is C=CC1C(COC)c2c3c(cc4ccncc24)C(C)(C)c2cc([Si](C)(C)C)cc4cc[n+]1c-3c24. The Morgan fingerprint density at radius 2 is 1.91 bits per heavy atom. The van der Waals surface area contributed by atoms with Gasteiger partial charge >= 0.3 is 0 Å². The van der Waals surface area contributed by atoms with Gasteiger partial charge in [-0.1, -0.05) is 57.4 Å². The third-order valence-corrected chi connectivity index (χ3v) is 10.2. The molecule has 0 saturated carbocycles. The van der Waals surface area contributed by atoms with Crippen molar-refractivity contribution < 1.29 is 9.30 Å². The second-order valence-electron chi connectivity index (χ2n) is 11.5. The number of methoxy groups -OCH3 is 1. The fourth-order valence-corrected chi connectivity index (χ4v) is 7.56. The third kappa shape index (κ3) is 2.73. The summed E-state index contributed by atoms with van der Waals surface area (Å²) in [5, 5.41) is 6.76. The van der Waals surface area contributed by atoms with Crippen LogP contribution < -0.4 is 9.75 Å². The molecule has 3 nitrogen and oxygen atoms in total. The molecule has 172 valence electrons. The summed E-state index contributed by atoms with van der Waals surface area (Å²) < 4.78 is 8.26. The van der Waals surface area contributed by atoms with E-state index >= 15 is 0 Å². The zero-order valence-electron chi connectivity index (χ0n) is 21.1. The number of hydrogen-bond acceptors (Lipinski definition) is 2. The number of allylic oxidation sites excluding steroid dienone is 1. The van der Waals surface area contributed by atoms with Crippen molar-refractivity contribution >= 4 is 34.8 Å². The normalized spacial score (nSPS) is 20.1. The molecule has 2 aromatic heterocycles. The Labute approximate surface area is 203 Å². The number of pyridine rings is 2. The molecule has 0 bridgehead atoms. The Hall–Kier alpha value is -2.82. The molecule has 2 aliphatic rings. The zero-order chi connectivity index (χ0) is 24.0. The number of nitrogens with zero attached hydrogens (tertiary/aromatic N) is 2. The Kier molecular flexibility index (Phi) is 4.53. The van der Waals surface area contributed by atoms with E-state index in [4.69, 9.17) is 4.74 Å². The van der Waals surface area contributed by atoms with Crippen LogP contribution in [0.25, 0.3) is 32.8 Å². The molecule has 2 unspecified atom stereocenters. The molecule has 0 N–H and O–H groups in total. The minimum absolute atomic E-state index is 0.111. The average Bonchev–Trinajstić information content (AvgIpc) is 2.81. The lowest BCUT2D eigenvalue weighted by Crippen LogP contribution is -2.50. The van der Waals surface area contributed by atoms with Crippen LogP contribution in [0.15, 0.2) is 61.6 Å². The van der Waals surface area contributed by atoms with Crippen molar-refractivity contribution in [3.63, 3.8) is 0 Å². The van der Waals surface area contributed by atoms with Gasteiger partial charge in [0.25, 0.3) is 0 Å². The van der Waals surface area contributed by atoms with E-state index < -0.39 is 8.07 Å². The molecule has 0 fully saturated rings. The predicted octanol–water partition coefficient (Wildman–Crippen LogP) is 6.00. The standard InChI is InChI=1S/C30H33N2OSi/c1-8-25-22(17-33-4)27-21-16-31-11-9-18(21)14-23-28(27)29-26-19(10-12-32(25)29)13-20(34(5,6)7)15-24(26)30(23,2)3/h8-16,22,25H,1,17H2,2-7H3/q+1. The van der Waals surface area contributed by atoms with Crippen molar-refractivity contribution in [1.82, 2.24) is 4.98 Å². The molecule has 4 heteroatoms. The third-order valence-electron chi connectivity index (χ3n) is 8.20. The first kappa shape index (κ1) is 21.7. The zero-order valence-corrected chi connectivity index (χ0v) is 22.1. The number of aromatic nitrogens is 2. The van der Waals surface area contributed by atoms with Gasteiger partial charge in [0.1, 0.15) is 0 Å². The van der Waals surface area contributed by atoms with Crippen molar-refractivity contribution in [3.8, 4) is 11.3 Å². The Balaban J connectivity index is 1.87. The van der Waals surface area contributed by atoms with Gasteiger partial charge in [0, 0.05) is 36.4 Å².